The number of nitrogens with two attached hydrogens (primary N) is 1. The van der Waals surface area contributed by atoms with Crippen molar-refractivity contribution >= 4 is 5.82 Å². The van der Waals surface area contributed by atoms with Gasteiger partial charge in [0.25, 0.3) is 0 Å². The molecular weight excluding hydrogens is 216 g/mol. The fraction of sp³-hybridized carbons (Fsp3) is 0.667. The van der Waals surface area contributed by atoms with Crippen LogP contribution in [0.2, 0.25) is 0 Å². The lowest BCUT2D eigenvalue weighted by Gasteiger charge is -2.30. The van der Waals surface area contributed by atoms with Crippen LogP contribution in [0.15, 0.2) is 12.4 Å². The smallest absolute Gasteiger partial charge is 0.218 e. The first-order valence-electron chi connectivity index (χ1n) is 5.83. The van der Waals surface area contributed by atoms with Gasteiger partial charge in [0, 0.05) is 17.6 Å². The van der Waals surface area contributed by atoms with Gasteiger partial charge in [0.15, 0.2) is 0 Å². The third kappa shape index (κ3) is 4.19. The Bertz CT molecular complexity index is 363. The van der Waals surface area contributed by atoms with Gasteiger partial charge in [-0.1, -0.05) is 0 Å². The molecule has 1 heterocycles. The Morgan fingerprint density at radius 1 is 1.29 bits per heavy atom. The first-order chi connectivity index (χ1) is 7.81. The van der Waals surface area contributed by atoms with E-state index in [1.54, 1.807) is 6.07 Å². The minimum absolute atomic E-state index is 0.00642. The first kappa shape index (κ1) is 13.7. The Morgan fingerprint density at radius 3 is 2.47 bits per heavy atom. The number of hydrogen-bond acceptors (Lipinski definition) is 5. The van der Waals surface area contributed by atoms with Crippen molar-refractivity contribution in [3.63, 3.8) is 0 Å². The van der Waals surface area contributed by atoms with E-state index in [0.717, 1.165) is 5.82 Å². The highest BCUT2D eigenvalue weighted by Gasteiger charge is 2.23. The number of rotatable bonds is 5. The summed E-state index contributed by atoms with van der Waals surface area (Å²) in [6, 6.07) is 1.79. The van der Waals surface area contributed by atoms with E-state index < -0.39 is 0 Å². The van der Waals surface area contributed by atoms with Gasteiger partial charge >= 0.3 is 0 Å². The summed E-state index contributed by atoms with van der Waals surface area (Å²) in [4.78, 5) is 8.21. The molecule has 0 fully saturated rings. The Labute approximate surface area is 103 Å². The minimum Gasteiger partial charge on any atom is -0.475 e. The van der Waals surface area contributed by atoms with Gasteiger partial charge in [0.2, 0.25) is 5.88 Å². The predicted molar refractivity (Wildman–Crippen MR) is 69.1 cm³/mol. The summed E-state index contributed by atoms with van der Waals surface area (Å²) in [6.45, 7) is 9.94. The second-order valence-corrected chi connectivity index (χ2v) is 5.04. The van der Waals surface area contributed by atoms with Crippen LogP contribution in [0.1, 0.15) is 34.6 Å². The molecule has 0 aliphatic carbocycles. The lowest BCUT2D eigenvalue weighted by molar-refractivity contribution is 0.232. The van der Waals surface area contributed by atoms with Gasteiger partial charge in [0.1, 0.15) is 12.1 Å². The molecule has 1 aromatic heterocycles. The van der Waals surface area contributed by atoms with Crippen molar-refractivity contribution in [2.45, 2.75) is 52.3 Å². The SMILES string of the molecule is CC(C)Oc1cc(NC(C)(C)C(C)N)ncn1. The van der Waals surface area contributed by atoms with Crippen molar-refractivity contribution < 1.29 is 4.74 Å². The third-order valence-electron chi connectivity index (χ3n) is 2.59. The molecule has 1 atom stereocenters. The molecule has 1 rings (SSSR count). The maximum atomic E-state index is 5.90. The summed E-state index contributed by atoms with van der Waals surface area (Å²) in [5.74, 6) is 1.29. The lowest BCUT2D eigenvalue weighted by Crippen LogP contribution is -2.47. The van der Waals surface area contributed by atoms with E-state index in [2.05, 4.69) is 15.3 Å². The average molecular weight is 238 g/mol. The predicted octanol–water partition coefficient (Wildman–Crippen LogP) is 1.80. The van der Waals surface area contributed by atoms with Crippen LogP contribution >= 0.6 is 0 Å². The zero-order chi connectivity index (χ0) is 13.1. The van der Waals surface area contributed by atoms with Crippen LogP contribution in [0.5, 0.6) is 5.88 Å². The van der Waals surface area contributed by atoms with Crippen LogP contribution in [0.3, 0.4) is 0 Å². The molecule has 17 heavy (non-hydrogen) atoms. The van der Waals surface area contributed by atoms with Crippen molar-refractivity contribution in [1.82, 2.24) is 9.97 Å². The molecule has 0 amide bonds. The van der Waals surface area contributed by atoms with Gasteiger partial charge in [-0.2, -0.15) is 0 Å². The quantitative estimate of drug-likeness (QED) is 0.818. The van der Waals surface area contributed by atoms with Crippen LogP contribution in [-0.2, 0) is 0 Å². The molecule has 5 nitrogen and oxygen atoms in total. The van der Waals surface area contributed by atoms with E-state index in [1.807, 2.05) is 34.6 Å². The molecular formula is C12H22N4O. The molecule has 1 unspecified atom stereocenters. The Kier molecular flexibility index (Phi) is 4.28. The average Bonchev–Trinajstić information content (AvgIpc) is 2.15. The largest absolute Gasteiger partial charge is 0.475 e. The normalized spacial score (nSPS) is 13.6. The van der Waals surface area contributed by atoms with Gasteiger partial charge in [0.05, 0.1) is 6.10 Å². The molecule has 0 aliphatic rings. The number of ether oxygens (including phenoxy) is 1. The second-order valence-electron chi connectivity index (χ2n) is 5.04. The maximum Gasteiger partial charge on any atom is 0.218 e. The summed E-state index contributed by atoms with van der Waals surface area (Å²) in [5, 5.41) is 3.28. The molecule has 96 valence electrons. The van der Waals surface area contributed by atoms with E-state index in [4.69, 9.17) is 10.5 Å². The number of nitrogens with one attached hydrogen (secondary N) is 1. The van der Waals surface area contributed by atoms with Crippen LogP contribution in [-0.4, -0.2) is 27.7 Å². The molecule has 0 radical (unpaired) electrons. The Hall–Kier alpha value is -1.36. The minimum atomic E-state index is -0.233. The van der Waals surface area contributed by atoms with Crippen molar-refractivity contribution in [1.29, 1.82) is 0 Å². The van der Waals surface area contributed by atoms with Crippen LogP contribution in [0.25, 0.3) is 0 Å². The summed E-state index contributed by atoms with van der Waals surface area (Å²) < 4.78 is 5.51. The molecule has 0 saturated heterocycles. The van der Waals surface area contributed by atoms with Gasteiger partial charge in [-0.25, -0.2) is 9.97 Å². The fourth-order valence-corrected chi connectivity index (χ4v) is 1.16. The molecule has 1 aromatic rings. The fourth-order valence-electron chi connectivity index (χ4n) is 1.16. The first-order valence-corrected chi connectivity index (χ1v) is 5.83. The van der Waals surface area contributed by atoms with Gasteiger partial charge < -0.3 is 15.8 Å². The summed E-state index contributed by atoms with van der Waals surface area (Å²) >= 11 is 0. The highest BCUT2D eigenvalue weighted by atomic mass is 16.5. The van der Waals surface area contributed by atoms with Crippen molar-refractivity contribution in [3.8, 4) is 5.88 Å². The Balaban J connectivity index is 2.78. The Morgan fingerprint density at radius 2 is 1.94 bits per heavy atom. The van der Waals surface area contributed by atoms with Gasteiger partial charge in [-0.15, -0.1) is 0 Å². The molecule has 0 bridgehead atoms. The maximum absolute atomic E-state index is 5.90. The zero-order valence-electron chi connectivity index (χ0n) is 11.2. The van der Waals surface area contributed by atoms with Gasteiger partial charge in [-0.3, -0.25) is 0 Å². The second kappa shape index (κ2) is 5.31. The summed E-state index contributed by atoms with van der Waals surface area (Å²) in [6.07, 6.45) is 1.58. The highest BCUT2D eigenvalue weighted by Crippen LogP contribution is 2.18. The zero-order valence-corrected chi connectivity index (χ0v) is 11.2. The van der Waals surface area contributed by atoms with Crippen molar-refractivity contribution in [2.75, 3.05) is 5.32 Å². The molecule has 0 aliphatic heterocycles. The molecule has 0 spiro atoms. The summed E-state index contributed by atoms with van der Waals surface area (Å²) in [5.41, 5.74) is 5.67. The van der Waals surface area contributed by atoms with E-state index in [-0.39, 0.29) is 17.7 Å². The monoisotopic (exact) mass is 238 g/mol. The highest BCUT2D eigenvalue weighted by molar-refractivity contribution is 5.40. The number of anilines is 1. The van der Waals surface area contributed by atoms with Crippen molar-refractivity contribution in [2.24, 2.45) is 5.73 Å². The molecule has 0 saturated carbocycles. The third-order valence-corrected chi connectivity index (χ3v) is 2.59. The van der Waals surface area contributed by atoms with E-state index in [9.17, 15) is 0 Å². The number of hydrogen-bond donors (Lipinski definition) is 2. The van der Waals surface area contributed by atoms with E-state index in [0.29, 0.717) is 5.88 Å². The van der Waals surface area contributed by atoms with E-state index >= 15 is 0 Å². The van der Waals surface area contributed by atoms with Crippen molar-refractivity contribution in [3.05, 3.63) is 12.4 Å². The van der Waals surface area contributed by atoms with Crippen LogP contribution in [0.4, 0.5) is 5.82 Å². The molecule has 5 heteroatoms. The number of aromatic nitrogens is 2. The van der Waals surface area contributed by atoms with E-state index in [1.165, 1.54) is 6.33 Å². The van der Waals surface area contributed by atoms with Gasteiger partial charge in [-0.05, 0) is 34.6 Å². The number of nitrogens with zero attached hydrogens (tertiary/aromatic N) is 2. The van der Waals surface area contributed by atoms with Crippen LogP contribution in [0, 0.1) is 0 Å². The molecule has 3 N–H and O–H groups in total. The molecule has 0 aromatic carbocycles. The topological polar surface area (TPSA) is 73.1 Å². The standard InChI is InChI=1S/C12H22N4O/c1-8(2)17-11-6-10(14-7-15-11)16-12(4,5)9(3)13/h6-9H,13H2,1-5H3,(H,14,15,16). The lowest BCUT2D eigenvalue weighted by atomic mass is 9.97. The van der Waals surface area contributed by atoms with Crippen LogP contribution < -0.4 is 15.8 Å². The summed E-state index contributed by atoms with van der Waals surface area (Å²) in [7, 11) is 0.